The van der Waals surface area contributed by atoms with E-state index in [9.17, 15) is 9.90 Å². The molecule has 0 saturated heterocycles. The van der Waals surface area contributed by atoms with Gasteiger partial charge in [0, 0.05) is 23.0 Å². The van der Waals surface area contributed by atoms with Crippen molar-refractivity contribution in [3.05, 3.63) is 71.2 Å². The third-order valence-corrected chi connectivity index (χ3v) is 4.71. The molecule has 146 valence electrons. The van der Waals surface area contributed by atoms with Crippen LogP contribution in [-0.2, 0) is 0 Å². The molecule has 0 aliphatic carbocycles. The van der Waals surface area contributed by atoms with E-state index in [4.69, 9.17) is 9.15 Å². The Balaban J connectivity index is 1.89. The summed E-state index contributed by atoms with van der Waals surface area (Å²) in [6.07, 6.45) is 1.61. The number of hydrogen-bond donors (Lipinski definition) is 2. The summed E-state index contributed by atoms with van der Waals surface area (Å²) in [4.78, 5) is 21.5. The summed E-state index contributed by atoms with van der Waals surface area (Å²) in [7, 11) is 0. The minimum Gasteiger partial charge on any atom is -0.508 e. The van der Waals surface area contributed by atoms with Gasteiger partial charge in [-0.05, 0) is 37.3 Å². The van der Waals surface area contributed by atoms with Gasteiger partial charge in [0.25, 0.3) is 5.91 Å². The van der Waals surface area contributed by atoms with Crippen molar-refractivity contribution in [2.45, 2.75) is 6.92 Å². The fourth-order valence-electron chi connectivity index (χ4n) is 2.74. The van der Waals surface area contributed by atoms with Crippen molar-refractivity contribution in [2.24, 2.45) is 4.99 Å². The van der Waals surface area contributed by atoms with Crippen LogP contribution in [0.15, 0.2) is 69.5 Å². The molecule has 0 aliphatic heterocycles. The number of nitrogens with zero attached hydrogens (tertiary/aromatic N) is 2. The fourth-order valence-corrected chi connectivity index (χ4v) is 3.26. The highest BCUT2D eigenvalue weighted by Gasteiger charge is 2.15. The maximum atomic E-state index is 12.9. The van der Waals surface area contributed by atoms with Crippen LogP contribution in [-0.4, -0.2) is 22.6 Å². The van der Waals surface area contributed by atoms with Gasteiger partial charge in [0.15, 0.2) is 5.13 Å². The summed E-state index contributed by atoms with van der Waals surface area (Å²) >= 11 is 1.31. The summed E-state index contributed by atoms with van der Waals surface area (Å²) in [6.45, 7) is 2.36. The zero-order valence-corrected chi connectivity index (χ0v) is 16.3. The van der Waals surface area contributed by atoms with Crippen LogP contribution < -0.4 is 15.6 Å². The number of aromatic hydroxyl groups is 1. The molecule has 7 nitrogen and oxygen atoms in total. The molecule has 0 bridgehead atoms. The molecule has 2 aromatic carbocycles. The summed E-state index contributed by atoms with van der Waals surface area (Å²) in [5.41, 5.74) is 1.28. The van der Waals surface area contributed by atoms with Crippen molar-refractivity contribution in [3.63, 3.8) is 0 Å². The Bertz CT molecular complexity index is 1230. The average molecular weight is 407 g/mol. The lowest BCUT2D eigenvalue weighted by atomic mass is 10.1. The van der Waals surface area contributed by atoms with Gasteiger partial charge in [-0.25, -0.2) is 9.98 Å². The number of fused-ring (bicyclic) bond motifs is 1. The van der Waals surface area contributed by atoms with E-state index in [0.29, 0.717) is 34.1 Å². The number of thiazole rings is 1. The third kappa shape index (κ3) is 4.12. The zero-order valence-electron chi connectivity index (χ0n) is 15.5. The molecule has 0 fully saturated rings. The van der Waals surface area contributed by atoms with Gasteiger partial charge < -0.3 is 14.3 Å². The number of anilines is 1. The normalized spacial score (nSPS) is 11.6. The van der Waals surface area contributed by atoms with Crippen LogP contribution in [0.1, 0.15) is 17.3 Å². The van der Waals surface area contributed by atoms with Crippen LogP contribution in [0.3, 0.4) is 0 Å². The number of nitrogens with one attached hydrogen (secondary N) is 1. The minimum absolute atomic E-state index is 0.0573. The molecule has 0 atom stereocenters. The Morgan fingerprint density at radius 3 is 2.93 bits per heavy atom. The van der Waals surface area contributed by atoms with E-state index < -0.39 is 5.91 Å². The number of benzene rings is 2. The molecule has 2 N–H and O–H groups in total. The summed E-state index contributed by atoms with van der Waals surface area (Å²) in [6, 6.07) is 13.6. The average Bonchev–Trinajstić information content (AvgIpc) is 3.22. The lowest BCUT2D eigenvalue weighted by molar-refractivity contribution is 0.102. The van der Waals surface area contributed by atoms with E-state index in [2.05, 4.69) is 15.3 Å². The van der Waals surface area contributed by atoms with Crippen LogP contribution in [0.2, 0.25) is 0 Å². The van der Waals surface area contributed by atoms with Crippen molar-refractivity contribution in [1.29, 1.82) is 0 Å². The number of para-hydroxylation sites is 2. The molecule has 0 saturated carbocycles. The first-order chi connectivity index (χ1) is 14.1. The lowest BCUT2D eigenvalue weighted by Crippen LogP contribution is -2.21. The highest BCUT2D eigenvalue weighted by atomic mass is 32.1. The van der Waals surface area contributed by atoms with Gasteiger partial charge >= 0.3 is 0 Å². The molecule has 2 heterocycles. The van der Waals surface area contributed by atoms with Crippen LogP contribution in [0.25, 0.3) is 11.0 Å². The largest absolute Gasteiger partial charge is 0.508 e. The molecular weight excluding hydrogens is 390 g/mol. The van der Waals surface area contributed by atoms with Crippen molar-refractivity contribution in [3.8, 4) is 11.5 Å². The maximum Gasteiger partial charge on any atom is 0.262 e. The van der Waals surface area contributed by atoms with Crippen LogP contribution in [0.5, 0.6) is 11.5 Å². The van der Waals surface area contributed by atoms with Crippen molar-refractivity contribution in [1.82, 2.24) is 4.98 Å². The van der Waals surface area contributed by atoms with Gasteiger partial charge in [-0.2, -0.15) is 0 Å². The van der Waals surface area contributed by atoms with Gasteiger partial charge in [0.1, 0.15) is 28.3 Å². The molecule has 4 rings (SSSR count). The number of phenolic OH excluding ortho intramolecular Hbond substituents is 1. The Hall–Kier alpha value is -3.65. The van der Waals surface area contributed by atoms with E-state index in [0.717, 1.165) is 0 Å². The third-order valence-electron chi connectivity index (χ3n) is 4.02. The number of ether oxygens (including phenoxy) is 1. The van der Waals surface area contributed by atoms with Crippen LogP contribution >= 0.6 is 11.3 Å². The van der Waals surface area contributed by atoms with Gasteiger partial charge in [-0.1, -0.05) is 12.1 Å². The highest BCUT2D eigenvalue weighted by molar-refractivity contribution is 7.13. The Labute approximate surface area is 170 Å². The Kier molecular flexibility index (Phi) is 5.26. The Morgan fingerprint density at radius 1 is 1.28 bits per heavy atom. The number of carbonyl (C=O) groups excluding carboxylic acids is 1. The topological polar surface area (TPSA) is 97.0 Å². The van der Waals surface area contributed by atoms with Gasteiger partial charge in [-0.15, -0.1) is 11.3 Å². The molecule has 0 radical (unpaired) electrons. The predicted molar refractivity (Wildman–Crippen MR) is 111 cm³/mol. The zero-order chi connectivity index (χ0) is 20.2. The van der Waals surface area contributed by atoms with E-state index in [-0.39, 0.29) is 16.9 Å². The lowest BCUT2D eigenvalue weighted by Gasteiger charge is -2.08. The van der Waals surface area contributed by atoms with E-state index in [1.807, 2.05) is 19.1 Å². The maximum absolute atomic E-state index is 12.9. The fraction of sp³-hybridized carbons (Fsp3) is 0.0952. The minimum atomic E-state index is -0.397. The predicted octanol–water partition coefficient (Wildman–Crippen LogP) is 4.48. The van der Waals surface area contributed by atoms with Crippen LogP contribution in [0.4, 0.5) is 10.8 Å². The van der Waals surface area contributed by atoms with Crippen molar-refractivity contribution < 1.29 is 19.1 Å². The van der Waals surface area contributed by atoms with Crippen molar-refractivity contribution >= 4 is 39.0 Å². The first-order valence-corrected chi connectivity index (χ1v) is 9.76. The molecule has 0 spiro atoms. The first kappa shape index (κ1) is 18.7. The molecule has 8 heteroatoms. The standard InChI is InChI=1S/C21H17N3O4S/c1-2-27-17-6-4-3-5-16(17)23-20-15(19(26)24-21-22-9-10-29-21)11-13-7-8-14(25)12-18(13)28-20/h3-12,25H,2H2,1H3,(H,22,24,26). The second-order valence-corrected chi connectivity index (χ2v) is 6.89. The molecule has 0 unspecified atom stereocenters. The van der Waals surface area contributed by atoms with E-state index >= 15 is 0 Å². The number of aromatic nitrogens is 1. The summed E-state index contributed by atoms with van der Waals surface area (Å²) in [5.74, 6) is 0.237. The van der Waals surface area contributed by atoms with Crippen molar-refractivity contribution in [2.75, 3.05) is 11.9 Å². The van der Waals surface area contributed by atoms with Gasteiger partial charge in [0.2, 0.25) is 5.55 Å². The quantitative estimate of drug-likeness (QED) is 0.508. The monoisotopic (exact) mass is 407 g/mol. The van der Waals surface area contributed by atoms with Crippen LogP contribution in [0, 0.1) is 0 Å². The highest BCUT2D eigenvalue weighted by Crippen LogP contribution is 2.27. The first-order valence-electron chi connectivity index (χ1n) is 8.88. The number of rotatable bonds is 5. The number of carbonyl (C=O) groups is 1. The molecule has 29 heavy (non-hydrogen) atoms. The molecule has 0 aliphatic rings. The molecule has 1 amide bonds. The van der Waals surface area contributed by atoms with Gasteiger partial charge in [-0.3, -0.25) is 10.1 Å². The Morgan fingerprint density at radius 2 is 2.14 bits per heavy atom. The second kappa shape index (κ2) is 8.15. The SMILES string of the molecule is CCOc1ccccc1N=c1oc2cc(O)ccc2cc1C(=O)Nc1nccs1. The number of amides is 1. The molecule has 4 aromatic rings. The summed E-state index contributed by atoms with van der Waals surface area (Å²) in [5, 5.41) is 15.4. The van der Waals surface area contributed by atoms with E-state index in [1.165, 1.54) is 23.5 Å². The van der Waals surface area contributed by atoms with E-state index in [1.54, 1.807) is 35.8 Å². The second-order valence-electron chi connectivity index (χ2n) is 5.99. The number of phenols is 1. The molecular formula is C21H17N3O4S. The number of hydrogen-bond acceptors (Lipinski definition) is 7. The molecule has 2 aromatic heterocycles. The summed E-state index contributed by atoms with van der Waals surface area (Å²) < 4.78 is 11.5. The smallest absolute Gasteiger partial charge is 0.262 e. The van der Waals surface area contributed by atoms with Gasteiger partial charge in [0.05, 0.1) is 6.61 Å².